The molecule has 3 nitrogen and oxygen atoms in total. The van der Waals surface area contributed by atoms with Gasteiger partial charge in [0.1, 0.15) is 11.5 Å². The second-order valence-electron chi connectivity index (χ2n) is 13.9. The van der Waals surface area contributed by atoms with Crippen LogP contribution >= 0.6 is 0 Å². The molecule has 0 saturated heterocycles. The number of nitrogens with zero attached hydrogens (tertiary/aromatic N) is 1. The minimum Gasteiger partial charge on any atom is -0.465 e. The molecule has 3 heterocycles. The standard InChI is InChI=1S/C30H42NO2.BF4/c1-27(2,3)23-15-19(16-24(32-23)28(4,5)6)21-13-14-22(31-21)20-17-25(29(7,8)9)33-26(18-20)30(10,11)12;2-1(3,4)5/h13-18H,1-12H3;/q+1;-1. The highest BCUT2D eigenvalue weighted by Gasteiger charge is 2.35. The lowest BCUT2D eigenvalue weighted by Crippen LogP contribution is -2.21. The van der Waals surface area contributed by atoms with Crippen LogP contribution in [0.4, 0.5) is 17.3 Å². The zero-order valence-corrected chi connectivity index (χ0v) is 24.8. The fraction of sp³-hybridized carbons (Fsp3) is 0.533. The summed E-state index contributed by atoms with van der Waals surface area (Å²) in [4.78, 5) is 5.06. The van der Waals surface area contributed by atoms with Gasteiger partial charge in [0, 0.05) is 34.1 Å². The molecule has 0 aliphatic carbocycles. The predicted octanol–water partition coefficient (Wildman–Crippen LogP) is 9.96. The molecule has 0 fully saturated rings. The summed E-state index contributed by atoms with van der Waals surface area (Å²) in [6.45, 7) is 26.2. The van der Waals surface area contributed by atoms with Crippen molar-refractivity contribution in [1.82, 2.24) is 0 Å². The number of hydrogen-bond donors (Lipinski definition) is 0. The molecule has 8 heteroatoms. The van der Waals surface area contributed by atoms with Crippen molar-refractivity contribution in [2.24, 2.45) is 15.8 Å². The van der Waals surface area contributed by atoms with Gasteiger partial charge in [0.25, 0.3) is 0 Å². The van der Waals surface area contributed by atoms with Crippen LogP contribution in [-0.4, -0.2) is 13.0 Å². The monoisotopic (exact) mass is 535 g/mol. The minimum atomic E-state index is -6.00. The first kappa shape index (κ1) is 31.6. The van der Waals surface area contributed by atoms with Crippen LogP contribution in [0.3, 0.4) is 0 Å². The Morgan fingerprint density at radius 1 is 0.658 bits per heavy atom. The van der Waals surface area contributed by atoms with Crippen LogP contribution in [0.15, 0.2) is 68.6 Å². The van der Waals surface area contributed by atoms with Gasteiger partial charge in [0.05, 0.1) is 22.2 Å². The largest absolute Gasteiger partial charge is 0.673 e. The van der Waals surface area contributed by atoms with E-state index in [1.54, 1.807) is 0 Å². The number of allylic oxidation sites excluding steroid dienone is 7. The molecule has 0 aromatic carbocycles. The molecular weight excluding hydrogens is 493 g/mol. The van der Waals surface area contributed by atoms with E-state index in [1.165, 1.54) is 0 Å². The van der Waals surface area contributed by atoms with Gasteiger partial charge in [-0.3, -0.25) is 0 Å². The number of hydrogen-bond acceptors (Lipinski definition) is 2. The highest BCUT2D eigenvalue weighted by Crippen LogP contribution is 2.40. The van der Waals surface area contributed by atoms with Crippen molar-refractivity contribution < 1.29 is 26.4 Å². The Balaban J connectivity index is 0.000000926. The van der Waals surface area contributed by atoms with Crippen LogP contribution in [-0.2, 0) is 15.6 Å². The SMILES string of the molecule is CC(C)(C)C1=CC(=C2C=CC(c3cc(C(C)(C)C)[o+]c(C(C)(C)C)c3)=N2)C=C(C(C)(C)C)O1.F[B-](F)(F)F. The molecule has 2 aliphatic rings. The second-order valence-corrected chi connectivity index (χ2v) is 13.9. The highest BCUT2D eigenvalue weighted by atomic mass is 19.5. The van der Waals surface area contributed by atoms with E-state index in [2.05, 4.69) is 120 Å². The molecule has 0 spiro atoms. The van der Waals surface area contributed by atoms with Gasteiger partial charge in [-0.05, 0) is 65.8 Å². The van der Waals surface area contributed by atoms with E-state index < -0.39 is 7.25 Å². The third-order valence-corrected chi connectivity index (χ3v) is 5.77. The van der Waals surface area contributed by atoms with Crippen LogP contribution in [0.5, 0.6) is 0 Å². The maximum absolute atomic E-state index is 9.75. The molecule has 2 aliphatic heterocycles. The van der Waals surface area contributed by atoms with Crippen molar-refractivity contribution in [3.63, 3.8) is 0 Å². The summed E-state index contributed by atoms with van der Waals surface area (Å²) in [5, 5.41) is 0. The molecule has 3 rings (SSSR count). The molecule has 38 heavy (non-hydrogen) atoms. The summed E-state index contributed by atoms with van der Waals surface area (Å²) in [7, 11) is -6.00. The van der Waals surface area contributed by atoms with Crippen LogP contribution in [0.2, 0.25) is 0 Å². The molecule has 0 atom stereocenters. The van der Waals surface area contributed by atoms with Crippen LogP contribution < -0.4 is 0 Å². The average molecular weight is 535 g/mol. The zero-order chi connectivity index (χ0) is 29.5. The molecule has 0 radical (unpaired) electrons. The number of rotatable bonds is 1. The second kappa shape index (κ2) is 10.5. The Kier molecular flexibility index (Phi) is 8.73. The fourth-order valence-electron chi connectivity index (χ4n) is 3.46. The number of aliphatic imine (C=N–C) groups is 1. The van der Waals surface area contributed by atoms with Gasteiger partial charge in [-0.2, -0.15) is 0 Å². The van der Waals surface area contributed by atoms with E-state index >= 15 is 0 Å². The van der Waals surface area contributed by atoms with Crippen LogP contribution in [0.1, 0.15) is 100 Å². The minimum absolute atomic E-state index is 0.0877. The first-order valence-electron chi connectivity index (χ1n) is 12.9. The van der Waals surface area contributed by atoms with Gasteiger partial charge in [0.15, 0.2) is 0 Å². The summed E-state index contributed by atoms with van der Waals surface area (Å²) < 4.78 is 51.7. The molecule has 0 unspecified atom stereocenters. The van der Waals surface area contributed by atoms with Crippen LogP contribution in [0.25, 0.3) is 0 Å². The molecule has 0 amide bonds. The van der Waals surface area contributed by atoms with Crippen molar-refractivity contribution >= 4 is 13.0 Å². The van der Waals surface area contributed by atoms with Crippen molar-refractivity contribution in [3.05, 3.63) is 76.3 Å². The van der Waals surface area contributed by atoms with E-state index in [4.69, 9.17) is 14.1 Å². The van der Waals surface area contributed by atoms with E-state index in [1.807, 2.05) is 0 Å². The lowest BCUT2D eigenvalue weighted by molar-refractivity contribution is 0.161. The Hall–Kier alpha value is -2.64. The van der Waals surface area contributed by atoms with Crippen molar-refractivity contribution in [2.45, 2.75) is 93.9 Å². The number of halogens is 4. The quantitative estimate of drug-likeness (QED) is 0.204. The zero-order valence-electron chi connectivity index (χ0n) is 24.8. The molecule has 0 saturated carbocycles. The van der Waals surface area contributed by atoms with E-state index in [9.17, 15) is 17.3 Å². The van der Waals surface area contributed by atoms with Gasteiger partial charge >= 0.3 is 18.8 Å². The normalized spacial score (nSPS) is 16.9. The summed E-state index contributed by atoms with van der Waals surface area (Å²) in [6.07, 6.45) is 8.51. The van der Waals surface area contributed by atoms with Gasteiger partial charge in [-0.15, -0.1) is 0 Å². The summed E-state index contributed by atoms with van der Waals surface area (Å²) in [5.74, 6) is 3.88. The van der Waals surface area contributed by atoms with Crippen molar-refractivity contribution in [3.8, 4) is 0 Å². The Labute approximate surface area is 225 Å². The van der Waals surface area contributed by atoms with E-state index in [-0.39, 0.29) is 21.7 Å². The highest BCUT2D eigenvalue weighted by molar-refractivity contribution is 6.50. The molecular formula is C30H42BF4NO2. The van der Waals surface area contributed by atoms with Crippen molar-refractivity contribution in [1.29, 1.82) is 0 Å². The first-order valence-corrected chi connectivity index (χ1v) is 12.9. The summed E-state index contributed by atoms with van der Waals surface area (Å²) >= 11 is 0. The van der Waals surface area contributed by atoms with E-state index in [0.717, 1.165) is 45.6 Å². The maximum atomic E-state index is 9.75. The molecule has 0 N–H and O–H groups in total. The molecule has 1 aromatic rings. The van der Waals surface area contributed by atoms with Crippen LogP contribution in [0, 0.1) is 10.8 Å². The van der Waals surface area contributed by atoms with E-state index in [0.29, 0.717) is 0 Å². The third-order valence-electron chi connectivity index (χ3n) is 5.77. The van der Waals surface area contributed by atoms with Gasteiger partial charge in [-0.1, -0.05) is 41.5 Å². The average Bonchev–Trinajstić information content (AvgIpc) is 3.20. The Morgan fingerprint density at radius 3 is 1.39 bits per heavy atom. The number of ether oxygens (including phenoxy) is 1. The fourth-order valence-corrected chi connectivity index (χ4v) is 3.46. The molecule has 0 bridgehead atoms. The Bertz CT molecular complexity index is 1140. The predicted molar refractivity (Wildman–Crippen MR) is 150 cm³/mol. The van der Waals surface area contributed by atoms with Gasteiger partial charge in [-0.25, -0.2) is 9.41 Å². The lowest BCUT2D eigenvalue weighted by Gasteiger charge is -2.32. The first-order chi connectivity index (χ1) is 16.9. The van der Waals surface area contributed by atoms with Gasteiger partial charge < -0.3 is 22.0 Å². The molecule has 210 valence electrons. The molecule has 1 aromatic heterocycles. The lowest BCUT2D eigenvalue weighted by atomic mass is 9.87. The summed E-state index contributed by atoms with van der Waals surface area (Å²) in [6, 6.07) is 4.28. The third kappa shape index (κ3) is 8.99. The Morgan fingerprint density at radius 2 is 1.05 bits per heavy atom. The topological polar surface area (TPSA) is 32.9 Å². The maximum Gasteiger partial charge on any atom is 0.673 e. The van der Waals surface area contributed by atoms with Gasteiger partial charge in [0.2, 0.25) is 0 Å². The van der Waals surface area contributed by atoms with Crippen molar-refractivity contribution in [2.75, 3.05) is 0 Å². The smallest absolute Gasteiger partial charge is 0.465 e. The summed E-state index contributed by atoms with van der Waals surface area (Å²) in [5.41, 5.74) is 3.76.